The van der Waals surface area contributed by atoms with Crippen LogP contribution in [0.3, 0.4) is 0 Å². The first-order valence-electron chi connectivity index (χ1n) is 9.04. The zero-order valence-corrected chi connectivity index (χ0v) is 16.0. The van der Waals surface area contributed by atoms with Gasteiger partial charge in [-0.1, -0.05) is 12.1 Å². The van der Waals surface area contributed by atoms with Crippen molar-refractivity contribution in [1.82, 2.24) is 10.4 Å². The fourth-order valence-corrected chi connectivity index (χ4v) is 3.40. The van der Waals surface area contributed by atoms with E-state index in [1.807, 2.05) is 6.92 Å². The molecule has 2 aromatic carbocycles. The first-order chi connectivity index (χ1) is 13.8. The first kappa shape index (κ1) is 20.3. The maximum atomic E-state index is 12.9. The number of hydrogen-bond donors (Lipinski definition) is 2. The van der Waals surface area contributed by atoms with E-state index in [1.54, 1.807) is 36.7 Å². The molecule has 0 aromatic heterocycles. The molecular formula is C20H21N3O6. The smallest absolute Gasteiger partial charge is 0.269 e. The van der Waals surface area contributed by atoms with Gasteiger partial charge in [0.15, 0.2) is 0 Å². The highest BCUT2D eigenvalue weighted by Gasteiger charge is 2.46. The topological polar surface area (TPSA) is 122 Å². The minimum atomic E-state index is -0.782. The van der Waals surface area contributed by atoms with E-state index in [2.05, 4.69) is 0 Å². The van der Waals surface area contributed by atoms with Crippen LogP contribution in [0.25, 0.3) is 0 Å². The average Bonchev–Trinajstić information content (AvgIpc) is 3.03. The minimum absolute atomic E-state index is 0.0194. The van der Waals surface area contributed by atoms with Crippen molar-refractivity contribution in [3.63, 3.8) is 0 Å². The Labute approximate surface area is 167 Å². The zero-order chi connectivity index (χ0) is 21.2. The number of nitrogens with zero attached hydrogens (tertiary/aromatic N) is 2. The molecule has 2 aromatic rings. The van der Waals surface area contributed by atoms with Crippen LogP contribution < -0.4 is 10.2 Å². The Morgan fingerprint density at radius 3 is 2.28 bits per heavy atom. The monoisotopic (exact) mass is 399 g/mol. The highest BCUT2D eigenvalue weighted by atomic mass is 16.6. The molecule has 29 heavy (non-hydrogen) atoms. The highest BCUT2D eigenvalue weighted by Crippen LogP contribution is 2.37. The number of benzene rings is 2. The van der Waals surface area contributed by atoms with Gasteiger partial charge in [-0.3, -0.25) is 24.9 Å². The van der Waals surface area contributed by atoms with E-state index in [0.29, 0.717) is 24.5 Å². The van der Waals surface area contributed by atoms with Crippen LogP contribution in [0.15, 0.2) is 48.5 Å². The van der Waals surface area contributed by atoms with Crippen LogP contribution in [0.5, 0.6) is 11.5 Å². The summed E-state index contributed by atoms with van der Waals surface area (Å²) in [7, 11) is 0. The van der Waals surface area contributed by atoms with Gasteiger partial charge in [-0.05, 0) is 50.1 Å². The Morgan fingerprint density at radius 2 is 1.76 bits per heavy atom. The summed E-state index contributed by atoms with van der Waals surface area (Å²) in [5, 5.41) is 19.5. The number of carbonyl (C=O) groups is 2. The average molecular weight is 399 g/mol. The minimum Gasteiger partial charge on any atom is -0.457 e. The van der Waals surface area contributed by atoms with Crippen molar-refractivity contribution in [3.8, 4) is 11.5 Å². The van der Waals surface area contributed by atoms with Crippen molar-refractivity contribution in [1.29, 1.82) is 0 Å². The molecule has 2 amide bonds. The molecule has 0 radical (unpaired) electrons. The molecule has 1 unspecified atom stereocenters. The number of carbonyl (C=O) groups excluding carboxylic acids is 2. The summed E-state index contributed by atoms with van der Waals surface area (Å²) in [5.41, 5.74) is 1.57. The van der Waals surface area contributed by atoms with E-state index in [9.17, 15) is 19.7 Å². The number of non-ortho nitro benzene ring substituents is 1. The fourth-order valence-electron chi connectivity index (χ4n) is 3.40. The van der Waals surface area contributed by atoms with Crippen LogP contribution in [-0.2, 0) is 15.0 Å². The second-order valence-electron chi connectivity index (χ2n) is 7.11. The van der Waals surface area contributed by atoms with E-state index in [4.69, 9.17) is 9.94 Å². The lowest BCUT2D eigenvalue weighted by Gasteiger charge is -2.27. The van der Waals surface area contributed by atoms with Gasteiger partial charge in [0.2, 0.25) is 5.91 Å². The fraction of sp³-hybridized carbons (Fsp3) is 0.300. The van der Waals surface area contributed by atoms with Crippen LogP contribution >= 0.6 is 0 Å². The number of nitro benzene ring substituents is 1. The second-order valence-corrected chi connectivity index (χ2v) is 7.11. The number of hydrogen-bond acceptors (Lipinski definition) is 6. The molecule has 1 saturated heterocycles. The van der Waals surface area contributed by atoms with Gasteiger partial charge in [0.05, 0.1) is 10.3 Å². The number of rotatable bonds is 6. The lowest BCUT2D eigenvalue weighted by atomic mass is 9.81. The van der Waals surface area contributed by atoms with Crippen molar-refractivity contribution >= 4 is 17.5 Å². The molecule has 0 saturated carbocycles. The summed E-state index contributed by atoms with van der Waals surface area (Å²) in [5.74, 6) is 0.176. The number of nitrogens with one attached hydrogen (secondary N) is 1. The Bertz CT molecular complexity index is 928. The maximum absolute atomic E-state index is 12.9. The Hall–Kier alpha value is -3.46. The third-order valence-corrected chi connectivity index (χ3v) is 5.32. The van der Waals surface area contributed by atoms with E-state index in [-0.39, 0.29) is 11.6 Å². The quantitative estimate of drug-likeness (QED) is 0.438. The van der Waals surface area contributed by atoms with Gasteiger partial charge in [0.1, 0.15) is 17.5 Å². The van der Waals surface area contributed by atoms with Crippen LogP contribution in [0.4, 0.5) is 5.69 Å². The van der Waals surface area contributed by atoms with Crippen LogP contribution in [-0.4, -0.2) is 39.4 Å². The molecule has 3 rings (SSSR count). The molecule has 9 heteroatoms. The predicted molar refractivity (Wildman–Crippen MR) is 103 cm³/mol. The molecule has 1 aliphatic rings. The molecule has 1 aliphatic heterocycles. The van der Waals surface area contributed by atoms with Crippen LogP contribution in [0.2, 0.25) is 0 Å². The van der Waals surface area contributed by atoms with E-state index >= 15 is 0 Å². The van der Waals surface area contributed by atoms with Gasteiger partial charge < -0.3 is 9.64 Å². The van der Waals surface area contributed by atoms with Gasteiger partial charge >= 0.3 is 0 Å². The molecule has 0 bridgehead atoms. The summed E-state index contributed by atoms with van der Waals surface area (Å²) in [6, 6.07) is 12.0. The van der Waals surface area contributed by atoms with Crippen LogP contribution in [0.1, 0.15) is 25.8 Å². The van der Waals surface area contributed by atoms with Crippen molar-refractivity contribution in [2.24, 2.45) is 0 Å². The summed E-state index contributed by atoms with van der Waals surface area (Å²) in [6.45, 7) is 3.80. The highest BCUT2D eigenvalue weighted by molar-refractivity contribution is 5.94. The molecule has 0 aliphatic carbocycles. The van der Waals surface area contributed by atoms with Gasteiger partial charge in [0, 0.05) is 18.7 Å². The van der Waals surface area contributed by atoms with Crippen molar-refractivity contribution in [3.05, 3.63) is 64.2 Å². The van der Waals surface area contributed by atoms with E-state index < -0.39 is 22.3 Å². The molecule has 2 atom stereocenters. The number of hydroxylamine groups is 1. The largest absolute Gasteiger partial charge is 0.457 e. The lowest BCUT2D eigenvalue weighted by molar-refractivity contribution is -0.384. The second kappa shape index (κ2) is 7.88. The van der Waals surface area contributed by atoms with Crippen LogP contribution in [0, 0.1) is 10.1 Å². The van der Waals surface area contributed by atoms with E-state index in [0.717, 1.165) is 5.56 Å². The molecule has 0 spiro atoms. The first-order valence-corrected chi connectivity index (χ1v) is 9.04. The lowest BCUT2D eigenvalue weighted by Crippen LogP contribution is -2.47. The number of amides is 2. The summed E-state index contributed by atoms with van der Waals surface area (Å²) < 4.78 is 5.70. The zero-order valence-electron chi connectivity index (χ0n) is 16.0. The summed E-state index contributed by atoms with van der Waals surface area (Å²) in [4.78, 5) is 36.3. The maximum Gasteiger partial charge on any atom is 0.269 e. The van der Waals surface area contributed by atoms with Gasteiger partial charge in [-0.2, -0.15) is 0 Å². The summed E-state index contributed by atoms with van der Waals surface area (Å²) in [6.07, 6.45) is 0.539. The standard InChI is InChI=1S/C20H21N3O6/c1-13(18(24)21-26)22-12-11-20(2,19(22)25)14-3-7-16(8-4-14)29-17-9-5-15(6-10-17)23(27)28/h3-10,13,26H,11-12H2,1-2H3,(H,21,24)/t13-,20?/m1/s1. The van der Waals surface area contributed by atoms with Gasteiger partial charge in [-0.25, -0.2) is 5.48 Å². The normalized spacial score (nSPS) is 19.7. The summed E-state index contributed by atoms with van der Waals surface area (Å²) >= 11 is 0. The molecule has 9 nitrogen and oxygen atoms in total. The molecule has 1 heterocycles. The molecule has 152 valence electrons. The van der Waals surface area contributed by atoms with E-state index in [1.165, 1.54) is 29.2 Å². The Kier molecular flexibility index (Phi) is 5.51. The third-order valence-electron chi connectivity index (χ3n) is 5.32. The SMILES string of the molecule is C[C@H](C(=O)NO)N1CCC(C)(c2ccc(Oc3ccc([N+](=O)[O-])cc3)cc2)C1=O. The molecule has 1 fully saturated rings. The van der Waals surface area contributed by atoms with Gasteiger partial charge in [0.25, 0.3) is 11.6 Å². The third kappa shape index (κ3) is 3.90. The number of nitro groups is 1. The van der Waals surface area contributed by atoms with Crippen molar-refractivity contribution in [2.45, 2.75) is 31.7 Å². The predicted octanol–water partition coefficient (Wildman–Crippen LogP) is 2.77. The van der Waals surface area contributed by atoms with Crippen molar-refractivity contribution in [2.75, 3.05) is 6.54 Å². The van der Waals surface area contributed by atoms with Gasteiger partial charge in [-0.15, -0.1) is 0 Å². The molecular weight excluding hydrogens is 378 g/mol. The number of likely N-dealkylation sites (tertiary alicyclic amines) is 1. The number of ether oxygens (including phenoxy) is 1. The Morgan fingerprint density at radius 1 is 1.21 bits per heavy atom. The van der Waals surface area contributed by atoms with Crippen molar-refractivity contribution < 1.29 is 24.5 Å². The molecule has 2 N–H and O–H groups in total. The Balaban J connectivity index is 1.73.